The molecule has 0 N–H and O–H groups in total. The number of alkyl halides is 6. The lowest BCUT2D eigenvalue weighted by Gasteiger charge is -2.24. The molecule has 0 aliphatic heterocycles. The average Bonchev–Trinajstić information content (AvgIpc) is 2.84. The molecule has 14 heteroatoms. The molecule has 2 rings (SSSR count). The maximum Gasteiger partial charge on any atom is 0.417 e. The third kappa shape index (κ3) is 10.0. The van der Waals surface area contributed by atoms with Crippen molar-refractivity contribution in [3.8, 4) is 17.2 Å². The lowest BCUT2D eigenvalue weighted by molar-refractivity contribution is -0.143. The van der Waals surface area contributed by atoms with Gasteiger partial charge in [0, 0.05) is 37.5 Å². The molecule has 0 saturated carbocycles. The lowest BCUT2D eigenvalue weighted by atomic mass is 10.0. The van der Waals surface area contributed by atoms with E-state index in [1.54, 1.807) is 27.7 Å². The van der Waals surface area contributed by atoms with Crippen molar-refractivity contribution in [3.05, 3.63) is 47.0 Å². The Morgan fingerprint density at radius 3 is 1.49 bits per heavy atom. The van der Waals surface area contributed by atoms with Crippen molar-refractivity contribution in [2.24, 2.45) is 0 Å². The topological polar surface area (TPSA) is 72.5 Å². The normalized spacial score (nSPS) is 14.6. The molecule has 2 aromatic rings. The molecule has 0 fully saturated rings. The molecule has 4 atom stereocenters. The SMILES string of the molecule is CCOC(C)Oc1cc(OC(C)OCC)c(PC(=O)c2c(C(F)(F)F)cccc2C(F)(F)F)c(OC(C)OCC)c1. The summed E-state index contributed by atoms with van der Waals surface area (Å²) in [5, 5.41) is -0.102. The molecule has 0 amide bonds. The summed E-state index contributed by atoms with van der Waals surface area (Å²) >= 11 is 0. The zero-order valence-electron chi connectivity index (χ0n) is 23.4. The van der Waals surface area contributed by atoms with Crippen molar-refractivity contribution in [2.45, 2.75) is 72.8 Å². The first-order valence-corrected chi connectivity index (χ1v) is 13.7. The first-order chi connectivity index (χ1) is 19.1. The van der Waals surface area contributed by atoms with Gasteiger partial charge in [-0.25, -0.2) is 0 Å². The predicted octanol–water partition coefficient (Wildman–Crippen LogP) is 7.15. The molecule has 0 radical (unpaired) electrons. The number of carbonyl (C=O) groups excluding carboxylic acids is 1. The molecular formula is C27H33F6O7P. The standard InChI is InChI=1S/C27H33F6O7P/c1-7-35-15(4)38-18-13-21(39-16(5)36-8-2)24(22(14-18)40-17(6)37-9-3)41-25(34)23-19(26(28,29)30)11-10-12-20(23)27(31,32)33/h10-17,41H,7-9H2,1-6H3. The summed E-state index contributed by atoms with van der Waals surface area (Å²) < 4.78 is 116. The van der Waals surface area contributed by atoms with Gasteiger partial charge in [-0.2, -0.15) is 26.3 Å². The van der Waals surface area contributed by atoms with Crippen LogP contribution >= 0.6 is 8.58 Å². The highest BCUT2D eigenvalue weighted by Gasteiger charge is 2.43. The summed E-state index contributed by atoms with van der Waals surface area (Å²) in [4.78, 5) is 13.4. The monoisotopic (exact) mass is 614 g/mol. The van der Waals surface area contributed by atoms with Gasteiger partial charge in [0.25, 0.3) is 0 Å². The summed E-state index contributed by atoms with van der Waals surface area (Å²) in [5.41, 5.74) is -6.33. The predicted molar refractivity (Wildman–Crippen MR) is 140 cm³/mol. The van der Waals surface area contributed by atoms with Gasteiger partial charge in [0.05, 0.1) is 16.4 Å². The summed E-state index contributed by atoms with van der Waals surface area (Å²) in [6.07, 6.45) is -13.0. The van der Waals surface area contributed by atoms with Crippen LogP contribution in [0.4, 0.5) is 26.3 Å². The highest BCUT2D eigenvalue weighted by Crippen LogP contribution is 2.43. The Kier molecular flexibility index (Phi) is 12.7. The Bertz CT molecular complexity index is 1090. The van der Waals surface area contributed by atoms with Crippen molar-refractivity contribution in [2.75, 3.05) is 19.8 Å². The Morgan fingerprint density at radius 2 is 1.12 bits per heavy atom. The second kappa shape index (κ2) is 15.0. The van der Waals surface area contributed by atoms with Crippen molar-refractivity contribution in [1.29, 1.82) is 0 Å². The second-order valence-electron chi connectivity index (χ2n) is 8.39. The van der Waals surface area contributed by atoms with Gasteiger partial charge in [0.15, 0.2) is 24.4 Å². The van der Waals surface area contributed by atoms with E-state index in [2.05, 4.69) is 0 Å². The molecule has 230 valence electrons. The second-order valence-corrected chi connectivity index (χ2v) is 9.60. The van der Waals surface area contributed by atoms with Gasteiger partial charge < -0.3 is 28.4 Å². The van der Waals surface area contributed by atoms with Crippen molar-refractivity contribution < 1.29 is 59.6 Å². The van der Waals surface area contributed by atoms with Crippen molar-refractivity contribution >= 4 is 19.4 Å². The minimum atomic E-state index is -5.23. The van der Waals surface area contributed by atoms with E-state index in [9.17, 15) is 31.1 Å². The molecule has 0 saturated heterocycles. The van der Waals surface area contributed by atoms with Gasteiger partial charge in [0.1, 0.15) is 17.2 Å². The van der Waals surface area contributed by atoms with Crippen LogP contribution in [0.1, 0.15) is 63.0 Å². The van der Waals surface area contributed by atoms with E-state index in [0.29, 0.717) is 24.8 Å². The Labute approximate surface area is 236 Å². The number of carbonyl (C=O) groups is 1. The third-order valence-corrected chi connectivity index (χ3v) is 6.49. The van der Waals surface area contributed by atoms with Gasteiger partial charge in [0.2, 0.25) is 0 Å². The highest BCUT2D eigenvalue weighted by molar-refractivity contribution is 7.66. The van der Waals surface area contributed by atoms with Crippen LogP contribution in [-0.2, 0) is 26.6 Å². The van der Waals surface area contributed by atoms with Gasteiger partial charge in [-0.05, 0) is 62.3 Å². The van der Waals surface area contributed by atoms with Crippen LogP contribution in [0.2, 0.25) is 0 Å². The summed E-state index contributed by atoms with van der Waals surface area (Å²) in [7, 11) is -1.29. The Morgan fingerprint density at radius 1 is 0.732 bits per heavy atom. The van der Waals surface area contributed by atoms with Crippen molar-refractivity contribution in [1.82, 2.24) is 0 Å². The maximum atomic E-state index is 13.8. The smallest absolute Gasteiger partial charge is 0.417 e. The quantitative estimate of drug-likeness (QED) is 0.120. The number of halogens is 6. The molecule has 41 heavy (non-hydrogen) atoms. The molecule has 0 aliphatic carbocycles. The highest BCUT2D eigenvalue weighted by atomic mass is 31.1. The van der Waals surface area contributed by atoms with E-state index in [4.69, 9.17) is 28.4 Å². The molecule has 0 spiro atoms. The fourth-order valence-electron chi connectivity index (χ4n) is 3.74. The van der Waals surface area contributed by atoms with Gasteiger partial charge in [-0.1, -0.05) is 6.07 Å². The lowest BCUT2D eigenvalue weighted by Crippen LogP contribution is -2.24. The van der Waals surface area contributed by atoms with Gasteiger partial charge in [-0.15, -0.1) is 0 Å². The van der Waals surface area contributed by atoms with E-state index >= 15 is 0 Å². The fourth-order valence-corrected chi connectivity index (χ4v) is 4.87. The maximum absolute atomic E-state index is 13.8. The molecule has 0 aliphatic rings. The average molecular weight is 615 g/mol. The molecule has 4 unspecified atom stereocenters. The van der Waals surface area contributed by atoms with Gasteiger partial charge >= 0.3 is 12.4 Å². The zero-order chi connectivity index (χ0) is 31.0. The largest absolute Gasteiger partial charge is 0.465 e. The Hall–Kier alpha value is -2.60. The molecule has 0 bridgehead atoms. The Balaban J connectivity index is 2.75. The van der Waals surface area contributed by atoms with E-state index < -0.39 is 62.0 Å². The number of hydrogen-bond acceptors (Lipinski definition) is 7. The van der Waals surface area contributed by atoms with E-state index in [1.807, 2.05) is 0 Å². The van der Waals surface area contributed by atoms with E-state index in [-0.39, 0.29) is 35.8 Å². The summed E-state index contributed by atoms with van der Waals surface area (Å²) in [6.45, 7) is 10.6. The summed E-state index contributed by atoms with van der Waals surface area (Å²) in [6, 6.07) is 4.14. The van der Waals surface area contributed by atoms with Crippen LogP contribution in [0.5, 0.6) is 17.2 Å². The number of rotatable bonds is 15. The van der Waals surface area contributed by atoms with Gasteiger partial charge in [-0.3, -0.25) is 4.79 Å². The molecular weight excluding hydrogens is 581 g/mol. The number of ether oxygens (including phenoxy) is 6. The zero-order valence-corrected chi connectivity index (χ0v) is 24.4. The minimum absolute atomic E-state index is 0.101. The summed E-state index contributed by atoms with van der Waals surface area (Å²) in [5.74, 6) is -0.0674. The minimum Gasteiger partial charge on any atom is -0.465 e. The van der Waals surface area contributed by atoms with Crippen LogP contribution in [0.15, 0.2) is 30.3 Å². The van der Waals surface area contributed by atoms with Crippen LogP contribution in [-0.4, -0.2) is 44.2 Å². The number of benzene rings is 2. The van der Waals surface area contributed by atoms with Crippen molar-refractivity contribution in [3.63, 3.8) is 0 Å². The van der Waals surface area contributed by atoms with Crippen LogP contribution < -0.4 is 19.5 Å². The fraction of sp³-hybridized carbons (Fsp3) is 0.519. The van der Waals surface area contributed by atoms with E-state index in [0.717, 1.165) is 0 Å². The molecule has 2 aromatic carbocycles. The first-order valence-electron chi connectivity index (χ1n) is 12.7. The van der Waals surface area contributed by atoms with Crippen LogP contribution in [0.3, 0.4) is 0 Å². The first kappa shape index (κ1) is 34.6. The van der Waals surface area contributed by atoms with Crippen LogP contribution in [0, 0.1) is 0 Å². The number of hydrogen-bond donors (Lipinski definition) is 0. The van der Waals surface area contributed by atoms with Crippen LogP contribution in [0.25, 0.3) is 0 Å². The van der Waals surface area contributed by atoms with E-state index in [1.165, 1.54) is 26.0 Å². The third-order valence-electron chi connectivity index (χ3n) is 5.27. The molecule has 0 heterocycles. The molecule has 7 nitrogen and oxygen atoms in total. The molecule has 0 aromatic heterocycles.